The molecule has 2 N–H and O–H groups in total. The Morgan fingerprint density at radius 3 is 2.23 bits per heavy atom. The van der Waals surface area contributed by atoms with E-state index in [0.29, 0.717) is 24.3 Å². The van der Waals surface area contributed by atoms with Gasteiger partial charge in [-0.3, -0.25) is 4.90 Å². The molecule has 0 saturated carbocycles. The Kier molecular flexibility index (Phi) is 6.30. The molecule has 0 amide bonds. The van der Waals surface area contributed by atoms with Crippen LogP contribution in [0.1, 0.15) is 42.9 Å². The minimum atomic E-state index is -0.842. The lowest BCUT2D eigenvalue weighted by atomic mass is 9.83. The summed E-state index contributed by atoms with van der Waals surface area (Å²) in [5.41, 5.74) is 1.11. The summed E-state index contributed by atoms with van der Waals surface area (Å²) >= 11 is 5.95. The second-order valence-electron chi connectivity index (χ2n) is 7.01. The van der Waals surface area contributed by atoms with Gasteiger partial charge in [-0.05, 0) is 61.1 Å². The number of hydrogen-bond donors (Lipinski definition) is 2. The van der Waals surface area contributed by atoms with Gasteiger partial charge in [0.2, 0.25) is 0 Å². The topological polar surface area (TPSA) is 43.7 Å². The smallest absolute Gasteiger partial charge is 0.123 e. The summed E-state index contributed by atoms with van der Waals surface area (Å²) in [6, 6.07) is 14.1. The van der Waals surface area contributed by atoms with Crippen LogP contribution in [-0.2, 0) is 5.60 Å². The molecule has 1 unspecified atom stereocenters. The number of benzene rings is 2. The molecule has 1 saturated heterocycles. The van der Waals surface area contributed by atoms with Gasteiger partial charge in [0.1, 0.15) is 5.82 Å². The Morgan fingerprint density at radius 1 is 1.04 bits per heavy atom. The maximum atomic E-state index is 13.3. The van der Waals surface area contributed by atoms with Crippen molar-refractivity contribution in [2.75, 3.05) is 19.7 Å². The van der Waals surface area contributed by atoms with Crippen molar-refractivity contribution in [3.8, 4) is 0 Å². The average molecular weight is 378 g/mol. The third kappa shape index (κ3) is 4.44. The van der Waals surface area contributed by atoms with E-state index in [4.69, 9.17) is 11.6 Å². The van der Waals surface area contributed by atoms with Gasteiger partial charge < -0.3 is 10.2 Å². The standard InChI is InChI=1S/C21H25ClFNO2/c22-18-7-5-17(6-8-18)21(26)11-13-24(14-12-21)20(2-1-15-25)16-3-9-19(23)10-4-16/h3-10,20,25-26H,1-2,11-15H2. The maximum absolute atomic E-state index is 13.3. The maximum Gasteiger partial charge on any atom is 0.123 e. The highest BCUT2D eigenvalue weighted by Gasteiger charge is 2.36. The molecule has 2 aromatic rings. The third-order valence-electron chi connectivity index (χ3n) is 5.34. The van der Waals surface area contributed by atoms with Gasteiger partial charge in [-0.15, -0.1) is 0 Å². The number of hydrogen-bond acceptors (Lipinski definition) is 3. The largest absolute Gasteiger partial charge is 0.396 e. The SMILES string of the molecule is OCCCC(c1ccc(F)cc1)N1CCC(O)(c2ccc(Cl)cc2)CC1. The molecule has 3 nitrogen and oxygen atoms in total. The highest BCUT2D eigenvalue weighted by molar-refractivity contribution is 6.30. The molecule has 2 aromatic carbocycles. The van der Waals surface area contributed by atoms with Gasteiger partial charge in [-0.25, -0.2) is 4.39 Å². The van der Waals surface area contributed by atoms with Crippen molar-refractivity contribution < 1.29 is 14.6 Å². The van der Waals surface area contributed by atoms with Crippen LogP contribution in [0.4, 0.5) is 4.39 Å². The Labute approximate surface area is 159 Å². The van der Waals surface area contributed by atoms with Gasteiger partial charge >= 0.3 is 0 Å². The van der Waals surface area contributed by atoms with Crippen LogP contribution in [0.5, 0.6) is 0 Å². The quantitative estimate of drug-likeness (QED) is 0.789. The zero-order valence-corrected chi connectivity index (χ0v) is 15.5. The van der Waals surface area contributed by atoms with Crippen molar-refractivity contribution in [3.05, 3.63) is 70.5 Å². The first kappa shape index (κ1) is 19.3. The van der Waals surface area contributed by atoms with E-state index in [-0.39, 0.29) is 18.5 Å². The van der Waals surface area contributed by atoms with E-state index in [0.717, 1.165) is 30.6 Å². The zero-order chi connectivity index (χ0) is 18.6. The summed E-state index contributed by atoms with van der Waals surface area (Å²) < 4.78 is 13.3. The van der Waals surface area contributed by atoms with Gasteiger partial charge in [0, 0.05) is 30.8 Å². The molecule has 140 valence electrons. The summed E-state index contributed by atoms with van der Waals surface area (Å²) in [4.78, 5) is 2.33. The first-order chi connectivity index (χ1) is 12.5. The Hall–Kier alpha value is -1.46. The second-order valence-corrected chi connectivity index (χ2v) is 7.44. The van der Waals surface area contributed by atoms with E-state index in [9.17, 15) is 14.6 Å². The lowest BCUT2D eigenvalue weighted by Gasteiger charge is -2.42. The molecule has 1 heterocycles. The number of rotatable bonds is 6. The predicted octanol–water partition coefficient (Wildman–Crippen LogP) is 4.28. The summed E-state index contributed by atoms with van der Waals surface area (Å²) in [7, 11) is 0. The van der Waals surface area contributed by atoms with Crippen LogP contribution in [0.2, 0.25) is 5.02 Å². The number of nitrogens with zero attached hydrogens (tertiary/aromatic N) is 1. The fourth-order valence-corrected chi connectivity index (χ4v) is 3.91. The minimum absolute atomic E-state index is 0.123. The highest BCUT2D eigenvalue weighted by atomic mass is 35.5. The summed E-state index contributed by atoms with van der Waals surface area (Å²) in [5, 5.41) is 20.9. The molecule has 1 aliphatic rings. The lowest BCUT2D eigenvalue weighted by molar-refractivity contribution is -0.0375. The van der Waals surface area contributed by atoms with Gasteiger partial charge in [0.15, 0.2) is 0 Å². The Bertz CT molecular complexity index is 697. The number of aliphatic hydroxyl groups excluding tert-OH is 1. The number of likely N-dealkylation sites (tertiary alicyclic amines) is 1. The molecule has 1 aliphatic heterocycles. The van der Waals surface area contributed by atoms with E-state index < -0.39 is 5.60 Å². The van der Waals surface area contributed by atoms with Crippen LogP contribution in [0.3, 0.4) is 0 Å². The van der Waals surface area contributed by atoms with Crippen LogP contribution in [-0.4, -0.2) is 34.8 Å². The summed E-state index contributed by atoms with van der Waals surface area (Å²) in [6.07, 6.45) is 2.76. The first-order valence-corrected chi connectivity index (χ1v) is 9.48. The molecule has 0 aromatic heterocycles. The van der Waals surface area contributed by atoms with E-state index in [1.54, 1.807) is 0 Å². The second kappa shape index (κ2) is 8.49. The average Bonchev–Trinajstić information content (AvgIpc) is 2.65. The fourth-order valence-electron chi connectivity index (χ4n) is 3.78. The van der Waals surface area contributed by atoms with Crippen molar-refractivity contribution in [1.82, 2.24) is 4.90 Å². The van der Waals surface area contributed by atoms with Crippen molar-refractivity contribution >= 4 is 11.6 Å². The zero-order valence-electron chi connectivity index (χ0n) is 14.7. The number of aliphatic hydroxyl groups is 2. The molecule has 0 radical (unpaired) electrons. The predicted molar refractivity (Wildman–Crippen MR) is 102 cm³/mol. The van der Waals surface area contributed by atoms with Crippen LogP contribution in [0.25, 0.3) is 0 Å². The summed E-state index contributed by atoms with van der Waals surface area (Å²) in [5.74, 6) is -0.245. The fraction of sp³-hybridized carbons (Fsp3) is 0.429. The Morgan fingerprint density at radius 2 is 1.65 bits per heavy atom. The Balaban J connectivity index is 1.72. The number of piperidine rings is 1. The molecule has 0 aliphatic carbocycles. The first-order valence-electron chi connectivity index (χ1n) is 9.11. The normalized spacial score (nSPS) is 18.6. The van der Waals surface area contributed by atoms with Gasteiger partial charge in [-0.1, -0.05) is 35.9 Å². The van der Waals surface area contributed by atoms with Crippen molar-refractivity contribution in [3.63, 3.8) is 0 Å². The van der Waals surface area contributed by atoms with Gasteiger partial charge in [0.25, 0.3) is 0 Å². The molecular weight excluding hydrogens is 353 g/mol. The van der Waals surface area contributed by atoms with Crippen molar-refractivity contribution in [2.45, 2.75) is 37.3 Å². The van der Waals surface area contributed by atoms with E-state index in [2.05, 4.69) is 4.90 Å². The highest BCUT2D eigenvalue weighted by Crippen LogP contribution is 2.37. The molecule has 1 fully saturated rings. The third-order valence-corrected chi connectivity index (χ3v) is 5.59. The molecule has 5 heteroatoms. The van der Waals surface area contributed by atoms with E-state index >= 15 is 0 Å². The van der Waals surface area contributed by atoms with Crippen molar-refractivity contribution in [1.29, 1.82) is 0 Å². The summed E-state index contributed by atoms with van der Waals surface area (Å²) in [6.45, 7) is 1.62. The van der Waals surface area contributed by atoms with Gasteiger partial charge in [-0.2, -0.15) is 0 Å². The number of halogens is 2. The van der Waals surface area contributed by atoms with Gasteiger partial charge in [0.05, 0.1) is 5.60 Å². The van der Waals surface area contributed by atoms with E-state index in [1.165, 1.54) is 12.1 Å². The molecular formula is C21H25ClFNO2. The molecule has 0 bridgehead atoms. The minimum Gasteiger partial charge on any atom is -0.396 e. The van der Waals surface area contributed by atoms with E-state index in [1.807, 2.05) is 36.4 Å². The monoisotopic (exact) mass is 377 g/mol. The van der Waals surface area contributed by atoms with Crippen LogP contribution >= 0.6 is 11.6 Å². The molecule has 3 rings (SSSR count). The lowest BCUT2D eigenvalue weighted by Crippen LogP contribution is -2.44. The molecule has 0 spiro atoms. The van der Waals surface area contributed by atoms with Crippen molar-refractivity contribution in [2.24, 2.45) is 0 Å². The van der Waals surface area contributed by atoms with Crippen LogP contribution in [0.15, 0.2) is 48.5 Å². The van der Waals surface area contributed by atoms with Crippen LogP contribution < -0.4 is 0 Å². The molecule has 26 heavy (non-hydrogen) atoms. The van der Waals surface area contributed by atoms with Crippen LogP contribution in [0, 0.1) is 5.82 Å². The molecule has 1 atom stereocenters.